The lowest BCUT2D eigenvalue weighted by atomic mass is 9.98. The van der Waals surface area contributed by atoms with Crippen molar-refractivity contribution in [3.05, 3.63) is 34.9 Å². The van der Waals surface area contributed by atoms with E-state index in [1.807, 2.05) is 0 Å². The van der Waals surface area contributed by atoms with Crippen molar-refractivity contribution in [3.8, 4) is 0 Å². The molecular weight excluding hydrogens is 256 g/mol. The predicted octanol–water partition coefficient (Wildman–Crippen LogP) is 4.07. The molecular formula is C19H32N2. The Labute approximate surface area is 130 Å². The van der Waals surface area contributed by atoms with E-state index in [1.165, 1.54) is 36.1 Å². The highest BCUT2D eigenvalue weighted by molar-refractivity contribution is 5.33. The quantitative estimate of drug-likeness (QED) is 0.775. The summed E-state index contributed by atoms with van der Waals surface area (Å²) >= 11 is 0. The van der Waals surface area contributed by atoms with E-state index in [0.29, 0.717) is 12.1 Å². The van der Waals surface area contributed by atoms with Crippen molar-refractivity contribution in [3.63, 3.8) is 0 Å². The van der Waals surface area contributed by atoms with Gasteiger partial charge < -0.3 is 5.32 Å². The molecule has 0 heterocycles. The first-order valence-electron chi connectivity index (χ1n) is 8.55. The van der Waals surface area contributed by atoms with Crippen LogP contribution in [0.5, 0.6) is 0 Å². The van der Waals surface area contributed by atoms with Crippen LogP contribution in [0.15, 0.2) is 18.2 Å². The number of nitrogens with one attached hydrogen (secondary N) is 1. The number of likely N-dealkylation sites (N-methyl/N-ethyl adjacent to an activating group) is 1. The van der Waals surface area contributed by atoms with Gasteiger partial charge in [-0.2, -0.15) is 0 Å². The van der Waals surface area contributed by atoms with Crippen molar-refractivity contribution in [2.24, 2.45) is 5.92 Å². The molecule has 0 bridgehead atoms. The number of rotatable bonds is 8. The van der Waals surface area contributed by atoms with Crippen molar-refractivity contribution in [1.29, 1.82) is 0 Å². The molecule has 1 aliphatic rings. The Morgan fingerprint density at radius 2 is 1.95 bits per heavy atom. The first kappa shape index (κ1) is 16.5. The topological polar surface area (TPSA) is 15.3 Å². The van der Waals surface area contributed by atoms with Gasteiger partial charge in [0.15, 0.2) is 0 Å². The summed E-state index contributed by atoms with van der Waals surface area (Å²) in [7, 11) is 0. The molecule has 0 radical (unpaired) electrons. The van der Waals surface area contributed by atoms with Gasteiger partial charge in [0, 0.05) is 25.2 Å². The number of nitrogens with zero attached hydrogens (tertiary/aromatic N) is 1. The molecule has 0 aliphatic heterocycles. The van der Waals surface area contributed by atoms with Crippen LogP contribution < -0.4 is 5.32 Å². The number of aryl methyl sites for hydroxylation is 2. The first-order valence-corrected chi connectivity index (χ1v) is 8.55. The van der Waals surface area contributed by atoms with E-state index in [0.717, 1.165) is 19.0 Å². The normalized spacial score (nSPS) is 16.7. The highest BCUT2D eigenvalue weighted by atomic mass is 15.2. The van der Waals surface area contributed by atoms with Crippen LogP contribution in [-0.2, 0) is 0 Å². The van der Waals surface area contributed by atoms with Gasteiger partial charge in [-0.3, -0.25) is 4.90 Å². The Hall–Kier alpha value is -0.860. The molecule has 0 aromatic heterocycles. The van der Waals surface area contributed by atoms with Gasteiger partial charge in [0.1, 0.15) is 0 Å². The Kier molecular flexibility index (Phi) is 5.83. The van der Waals surface area contributed by atoms with Gasteiger partial charge in [0.25, 0.3) is 0 Å². The standard InChI is InChI=1S/C19H32N2/c1-6-20-19(18-11-15(4)7-8-16(18)5)13-21(14(2)3)12-17-9-10-17/h7-8,11,14,17,19-20H,6,9-10,12-13H2,1-5H3. The van der Waals surface area contributed by atoms with Crippen molar-refractivity contribution < 1.29 is 0 Å². The molecule has 1 atom stereocenters. The molecule has 1 aliphatic carbocycles. The summed E-state index contributed by atoms with van der Waals surface area (Å²) in [6.07, 6.45) is 2.86. The van der Waals surface area contributed by atoms with Gasteiger partial charge in [0.2, 0.25) is 0 Å². The molecule has 0 amide bonds. The van der Waals surface area contributed by atoms with E-state index in [9.17, 15) is 0 Å². The fourth-order valence-corrected chi connectivity index (χ4v) is 3.02. The summed E-state index contributed by atoms with van der Waals surface area (Å²) in [5, 5.41) is 3.70. The number of benzene rings is 1. The Morgan fingerprint density at radius 3 is 2.52 bits per heavy atom. The molecule has 1 N–H and O–H groups in total. The van der Waals surface area contributed by atoms with Gasteiger partial charge in [0.05, 0.1) is 0 Å². The van der Waals surface area contributed by atoms with Crippen LogP contribution in [-0.4, -0.2) is 30.6 Å². The molecule has 0 spiro atoms. The van der Waals surface area contributed by atoms with Gasteiger partial charge in [-0.05, 0) is 64.1 Å². The van der Waals surface area contributed by atoms with Crippen LogP contribution in [0.4, 0.5) is 0 Å². The van der Waals surface area contributed by atoms with Crippen LogP contribution in [0.2, 0.25) is 0 Å². The monoisotopic (exact) mass is 288 g/mol. The van der Waals surface area contributed by atoms with Gasteiger partial charge in [-0.1, -0.05) is 30.7 Å². The lowest BCUT2D eigenvalue weighted by molar-refractivity contribution is 0.190. The summed E-state index contributed by atoms with van der Waals surface area (Å²) in [6, 6.07) is 7.90. The molecule has 1 unspecified atom stereocenters. The van der Waals surface area contributed by atoms with Crippen LogP contribution in [0, 0.1) is 19.8 Å². The fourth-order valence-electron chi connectivity index (χ4n) is 3.02. The van der Waals surface area contributed by atoms with E-state index in [1.54, 1.807) is 0 Å². The third kappa shape index (κ3) is 4.82. The molecule has 118 valence electrons. The highest BCUT2D eigenvalue weighted by Gasteiger charge is 2.27. The second kappa shape index (κ2) is 7.42. The summed E-state index contributed by atoms with van der Waals surface area (Å²) in [5.74, 6) is 0.952. The fraction of sp³-hybridized carbons (Fsp3) is 0.684. The van der Waals surface area contributed by atoms with E-state index in [-0.39, 0.29) is 0 Å². The van der Waals surface area contributed by atoms with E-state index in [4.69, 9.17) is 0 Å². The average Bonchev–Trinajstić information content (AvgIpc) is 3.24. The Balaban J connectivity index is 2.14. The molecule has 1 fully saturated rings. The van der Waals surface area contributed by atoms with Crippen LogP contribution >= 0.6 is 0 Å². The van der Waals surface area contributed by atoms with E-state index >= 15 is 0 Å². The lowest BCUT2D eigenvalue weighted by Crippen LogP contribution is -2.40. The van der Waals surface area contributed by atoms with Gasteiger partial charge >= 0.3 is 0 Å². The zero-order valence-electron chi connectivity index (χ0n) is 14.4. The smallest absolute Gasteiger partial charge is 0.0452 e. The molecule has 1 saturated carbocycles. The zero-order valence-corrected chi connectivity index (χ0v) is 14.4. The minimum atomic E-state index is 0.441. The minimum absolute atomic E-state index is 0.441. The van der Waals surface area contributed by atoms with Crippen molar-refractivity contribution in [1.82, 2.24) is 10.2 Å². The summed E-state index contributed by atoms with van der Waals surface area (Å²) < 4.78 is 0. The maximum atomic E-state index is 3.70. The third-order valence-corrected chi connectivity index (χ3v) is 4.60. The number of hydrogen-bond acceptors (Lipinski definition) is 2. The van der Waals surface area contributed by atoms with Crippen LogP contribution in [0.3, 0.4) is 0 Å². The molecule has 0 saturated heterocycles. The predicted molar refractivity (Wildman–Crippen MR) is 91.8 cm³/mol. The lowest BCUT2D eigenvalue weighted by Gasteiger charge is -2.32. The molecule has 1 aromatic carbocycles. The minimum Gasteiger partial charge on any atom is -0.309 e. The van der Waals surface area contributed by atoms with Gasteiger partial charge in [-0.25, -0.2) is 0 Å². The van der Waals surface area contributed by atoms with Crippen molar-refractivity contribution in [2.45, 2.75) is 59.5 Å². The maximum absolute atomic E-state index is 3.70. The molecule has 2 heteroatoms. The Morgan fingerprint density at radius 1 is 1.24 bits per heavy atom. The van der Waals surface area contributed by atoms with E-state index in [2.05, 4.69) is 63.0 Å². The second-order valence-electron chi connectivity index (χ2n) is 6.96. The molecule has 1 aromatic rings. The van der Waals surface area contributed by atoms with Crippen LogP contribution in [0.25, 0.3) is 0 Å². The van der Waals surface area contributed by atoms with E-state index < -0.39 is 0 Å². The third-order valence-electron chi connectivity index (χ3n) is 4.60. The summed E-state index contributed by atoms with van der Waals surface area (Å²) in [6.45, 7) is 14.7. The largest absolute Gasteiger partial charge is 0.309 e. The molecule has 21 heavy (non-hydrogen) atoms. The maximum Gasteiger partial charge on any atom is 0.0452 e. The Bertz CT molecular complexity index is 449. The SMILES string of the molecule is CCNC(CN(CC1CC1)C(C)C)c1cc(C)ccc1C. The van der Waals surface area contributed by atoms with Crippen molar-refractivity contribution >= 4 is 0 Å². The molecule has 2 rings (SSSR count). The number of hydrogen-bond donors (Lipinski definition) is 1. The summed E-state index contributed by atoms with van der Waals surface area (Å²) in [4.78, 5) is 2.66. The molecule has 2 nitrogen and oxygen atoms in total. The van der Waals surface area contributed by atoms with Crippen molar-refractivity contribution in [2.75, 3.05) is 19.6 Å². The van der Waals surface area contributed by atoms with Crippen LogP contribution in [0.1, 0.15) is 56.3 Å². The van der Waals surface area contributed by atoms with Gasteiger partial charge in [-0.15, -0.1) is 0 Å². The summed E-state index contributed by atoms with van der Waals surface area (Å²) in [5.41, 5.74) is 4.23. The zero-order chi connectivity index (χ0) is 15.4. The second-order valence-corrected chi connectivity index (χ2v) is 6.96. The first-order chi connectivity index (χ1) is 10.0. The highest BCUT2D eigenvalue weighted by Crippen LogP contribution is 2.31. The average molecular weight is 288 g/mol.